The zero-order valence-electron chi connectivity index (χ0n) is 10.5. The molecule has 3 nitrogen and oxygen atoms in total. The summed E-state index contributed by atoms with van der Waals surface area (Å²) in [4.78, 5) is 11.6. The lowest BCUT2D eigenvalue weighted by molar-refractivity contribution is -0.123. The molecule has 0 aliphatic rings. The Morgan fingerprint density at radius 3 is 2.50 bits per heavy atom. The zero-order valence-corrected chi connectivity index (χ0v) is 12.0. The molecule has 1 aromatic carbocycles. The minimum absolute atomic E-state index is 0.0194. The molecule has 0 aromatic heterocycles. The molecule has 0 bridgehead atoms. The Balaban J connectivity index is 2.44. The first-order valence-electron chi connectivity index (χ1n) is 5.94. The largest absolute Gasteiger partial charge is 0.484 e. The molecule has 0 heterocycles. The van der Waals surface area contributed by atoms with Gasteiger partial charge in [0.2, 0.25) is 0 Å². The van der Waals surface area contributed by atoms with E-state index in [9.17, 15) is 4.79 Å². The average molecular weight is 290 g/mol. The van der Waals surface area contributed by atoms with Gasteiger partial charge in [0.05, 0.1) is 10.0 Å². The van der Waals surface area contributed by atoms with Gasteiger partial charge < -0.3 is 10.1 Å². The van der Waals surface area contributed by atoms with E-state index in [0.29, 0.717) is 15.8 Å². The Morgan fingerprint density at radius 2 is 1.94 bits per heavy atom. The highest BCUT2D eigenvalue weighted by molar-refractivity contribution is 6.42. The monoisotopic (exact) mass is 289 g/mol. The maximum atomic E-state index is 11.6. The molecule has 0 unspecified atom stereocenters. The number of amides is 1. The van der Waals surface area contributed by atoms with Crippen molar-refractivity contribution in [1.82, 2.24) is 5.32 Å². The van der Waals surface area contributed by atoms with Crippen molar-refractivity contribution in [3.05, 3.63) is 28.2 Å². The van der Waals surface area contributed by atoms with Crippen LogP contribution < -0.4 is 10.1 Å². The fraction of sp³-hybridized carbons (Fsp3) is 0.462. The van der Waals surface area contributed by atoms with Crippen molar-refractivity contribution in [3.63, 3.8) is 0 Å². The van der Waals surface area contributed by atoms with Crippen molar-refractivity contribution in [2.24, 2.45) is 0 Å². The van der Waals surface area contributed by atoms with Crippen molar-refractivity contribution in [3.8, 4) is 5.75 Å². The molecule has 1 amide bonds. The van der Waals surface area contributed by atoms with Crippen molar-refractivity contribution in [1.29, 1.82) is 0 Å². The van der Waals surface area contributed by atoms with Gasteiger partial charge >= 0.3 is 0 Å². The molecule has 0 fully saturated rings. The third-order valence-electron chi connectivity index (χ3n) is 2.61. The second kappa shape index (κ2) is 7.49. The maximum absolute atomic E-state index is 11.6. The van der Waals surface area contributed by atoms with E-state index < -0.39 is 0 Å². The van der Waals surface area contributed by atoms with Gasteiger partial charge in [0.1, 0.15) is 5.75 Å². The topological polar surface area (TPSA) is 38.3 Å². The molecule has 18 heavy (non-hydrogen) atoms. The third kappa shape index (κ3) is 4.75. The molecule has 1 rings (SSSR count). The molecule has 0 saturated carbocycles. The predicted molar refractivity (Wildman–Crippen MR) is 74.5 cm³/mol. The first-order chi connectivity index (χ1) is 8.56. The molecule has 0 radical (unpaired) electrons. The minimum atomic E-state index is -0.130. The third-order valence-corrected chi connectivity index (χ3v) is 3.35. The molecule has 0 aliphatic heterocycles. The van der Waals surface area contributed by atoms with Gasteiger partial charge in [-0.1, -0.05) is 37.0 Å². The van der Waals surface area contributed by atoms with Crippen LogP contribution in [0.15, 0.2) is 18.2 Å². The molecule has 0 saturated heterocycles. The van der Waals surface area contributed by atoms with Gasteiger partial charge in [-0.05, 0) is 25.0 Å². The SMILES string of the molecule is CCC(CC)NC(=O)COc1ccc(Cl)c(Cl)c1. The fourth-order valence-electron chi connectivity index (χ4n) is 1.48. The molecule has 1 N–H and O–H groups in total. The van der Waals surface area contributed by atoms with Crippen molar-refractivity contribution < 1.29 is 9.53 Å². The van der Waals surface area contributed by atoms with Crippen LogP contribution in [-0.2, 0) is 4.79 Å². The van der Waals surface area contributed by atoms with Crippen molar-refractivity contribution in [2.75, 3.05) is 6.61 Å². The lowest BCUT2D eigenvalue weighted by Gasteiger charge is -2.15. The lowest BCUT2D eigenvalue weighted by Crippen LogP contribution is -2.37. The number of carbonyl (C=O) groups is 1. The van der Waals surface area contributed by atoms with E-state index >= 15 is 0 Å². The predicted octanol–water partition coefficient (Wildman–Crippen LogP) is 3.68. The van der Waals surface area contributed by atoms with Crippen LogP contribution in [0.2, 0.25) is 10.0 Å². The van der Waals surface area contributed by atoms with E-state index in [4.69, 9.17) is 27.9 Å². The minimum Gasteiger partial charge on any atom is -0.484 e. The standard InChI is InChI=1S/C13H17Cl2NO2/c1-3-9(4-2)16-13(17)8-18-10-5-6-11(14)12(15)7-10/h5-7,9H,3-4,8H2,1-2H3,(H,16,17). The first-order valence-corrected chi connectivity index (χ1v) is 6.69. The molecule has 0 spiro atoms. The number of ether oxygens (including phenoxy) is 1. The Labute approximate surface area is 117 Å². The van der Waals surface area contributed by atoms with E-state index in [1.54, 1.807) is 18.2 Å². The summed E-state index contributed by atoms with van der Waals surface area (Å²) in [6.45, 7) is 4.05. The summed E-state index contributed by atoms with van der Waals surface area (Å²) in [7, 11) is 0. The molecule has 0 aliphatic carbocycles. The van der Waals surface area contributed by atoms with Crippen LogP contribution in [0.4, 0.5) is 0 Å². The van der Waals surface area contributed by atoms with Crippen molar-refractivity contribution >= 4 is 29.1 Å². The molecule has 100 valence electrons. The number of hydrogen-bond acceptors (Lipinski definition) is 2. The number of benzene rings is 1. The molecule has 1 aromatic rings. The molecular weight excluding hydrogens is 273 g/mol. The molecule has 5 heteroatoms. The molecule has 0 atom stereocenters. The summed E-state index contributed by atoms with van der Waals surface area (Å²) < 4.78 is 5.34. The molecular formula is C13H17Cl2NO2. The highest BCUT2D eigenvalue weighted by Crippen LogP contribution is 2.26. The number of rotatable bonds is 6. The van der Waals surface area contributed by atoms with Crippen LogP contribution >= 0.6 is 23.2 Å². The van der Waals surface area contributed by atoms with Gasteiger partial charge in [0.15, 0.2) is 6.61 Å². The Kier molecular flexibility index (Phi) is 6.30. The van der Waals surface area contributed by atoms with E-state index in [0.717, 1.165) is 12.8 Å². The van der Waals surface area contributed by atoms with E-state index in [-0.39, 0.29) is 18.6 Å². The number of nitrogens with one attached hydrogen (secondary N) is 1. The quantitative estimate of drug-likeness (QED) is 0.868. The van der Waals surface area contributed by atoms with E-state index in [1.165, 1.54) is 0 Å². The summed E-state index contributed by atoms with van der Waals surface area (Å²) in [6, 6.07) is 5.11. The van der Waals surface area contributed by atoms with Crippen LogP contribution in [-0.4, -0.2) is 18.6 Å². The van der Waals surface area contributed by atoms with Gasteiger partial charge in [-0.25, -0.2) is 0 Å². The van der Waals surface area contributed by atoms with Crippen LogP contribution in [0.1, 0.15) is 26.7 Å². The second-order valence-corrected chi connectivity index (χ2v) is 4.76. The van der Waals surface area contributed by atoms with Crippen LogP contribution in [0.25, 0.3) is 0 Å². The Bertz CT molecular complexity index is 406. The summed E-state index contributed by atoms with van der Waals surface area (Å²) >= 11 is 11.6. The Morgan fingerprint density at radius 1 is 1.28 bits per heavy atom. The second-order valence-electron chi connectivity index (χ2n) is 3.95. The lowest BCUT2D eigenvalue weighted by atomic mass is 10.2. The first kappa shape index (κ1) is 15.1. The van der Waals surface area contributed by atoms with Crippen molar-refractivity contribution in [2.45, 2.75) is 32.7 Å². The normalized spacial score (nSPS) is 10.5. The summed E-state index contributed by atoms with van der Waals surface area (Å²) in [5.41, 5.74) is 0. The van der Waals surface area contributed by atoms with Crippen LogP contribution in [0.3, 0.4) is 0 Å². The maximum Gasteiger partial charge on any atom is 0.258 e. The van der Waals surface area contributed by atoms with E-state index in [1.807, 2.05) is 13.8 Å². The van der Waals surface area contributed by atoms with Gasteiger partial charge in [-0.15, -0.1) is 0 Å². The highest BCUT2D eigenvalue weighted by atomic mass is 35.5. The highest BCUT2D eigenvalue weighted by Gasteiger charge is 2.09. The van der Waals surface area contributed by atoms with Gasteiger partial charge in [-0.3, -0.25) is 4.79 Å². The van der Waals surface area contributed by atoms with Gasteiger partial charge in [-0.2, -0.15) is 0 Å². The summed E-state index contributed by atoms with van der Waals surface area (Å²) in [6.07, 6.45) is 1.82. The fourth-order valence-corrected chi connectivity index (χ4v) is 1.77. The summed E-state index contributed by atoms with van der Waals surface area (Å²) in [5, 5.41) is 3.76. The number of carbonyl (C=O) groups excluding carboxylic acids is 1. The Hall–Kier alpha value is -0.930. The van der Waals surface area contributed by atoms with Gasteiger partial charge in [0, 0.05) is 12.1 Å². The van der Waals surface area contributed by atoms with Crippen LogP contribution in [0, 0.1) is 0 Å². The average Bonchev–Trinajstić information content (AvgIpc) is 2.37. The number of halogens is 2. The zero-order chi connectivity index (χ0) is 13.5. The summed E-state index contributed by atoms with van der Waals surface area (Å²) in [5.74, 6) is 0.402. The number of hydrogen-bond donors (Lipinski definition) is 1. The van der Waals surface area contributed by atoms with Gasteiger partial charge in [0.25, 0.3) is 5.91 Å². The smallest absolute Gasteiger partial charge is 0.258 e. The van der Waals surface area contributed by atoms with Crippen LogP contribution in [0.5, 0.6) is 5.75 Å². The van der Waals surface area contributed by atoms with E-state index in [2.05, 4.69) is 5.32 Å².